The van der Waals surface area contributed by atoms with Crippen LogP contribution in [0.2, 0.25) is 0 Å². The largest absolute Gasteiger partial charge is 0.356 e. The first-order valence-electron chi connectivity index (χ1n) is 9.48. The Hall–Kier alpha value is -1.84. The van der Waals surface area contributed by atoms with Gasteiger partial charge in [-0.3, -0.25) is 9.59 Å². The van der Waals surface area contributed by atoms with Crippen LogP contribution in [0.1, 0.15) is 71.0 Å². The molecule has 0 spiro atoms. The molecule has 140 valence electrons. The van der Waals surface area contributed by atoms with Gasteiger partial charge < -0.3 is 10.6 Å². The highest BCUT2D eigenvalue weighted by Gasteiger charge is 2.18. The average Bonchev–Trinajstić information content (AvgIpc) is 2.56. The number of nitrogens with one attached hydrogen (secondary N) is 2. The lowest BCUT2D eigenvalue weighted by Gasteiger charge is -2.23. The van der Waals surface area contributed by atoms with E-state index in [0.29, 0.717) is 12.5 Å². The van der Waals surface area contributed by atoms with Crippen LogP contribution in [-0.2, 0) is 16.0 Å². The molecule has 2 N–H and O–H groups in total. The summed E-state index contributed by atoms with van der Waals surface area (Å²) in [6, 6.07) is 8.48. The van der Waals surface area contributed by atoms with E-state index in [-0.39, 0.29) is 36.6 Å². The Morgan fingerprint density at radius 1 is 0.960 bits per heavy atom. The molecule has 0 aliphatic rings. The third-order valence-electron chi connectivity index (χ3n) is 4.12. The summed E-state index contributed by atoms with van der Waals surface area (Å²) in [5.74, 6) is 0.784. The number of carbonyl (C=O) groups is 2. The van der Waals surface area contributed by atoms with Crippen molar-refractivity contribution in [2.45, 2.75) is 66.3 Å². The third-order valence-corrected chi connectivity index (χ3v) is 4.12. The lowest BCUT2D eigenvalue weighted by molar-refractivity contribution is -0.127. The summed E-state index contributed by atoms with van der Waals surface area (Å²) < 4.78 is 0. The molecule has 0 aliphatic carbocycles. The van der Waals surface area contributed by atoms with Crippen molar-refractivity contribution < 1.29 is 9.59 Å². The number of hydrogen-bond acceptors (Lipinski definition) is 2. The molecule has 0 bridgehead atoms. The standard InChI is InChI=1S/C21H34N2O2/c1-6-13-22-19(24)11-12-20(25)23-21(16(4)5)18-9-7-17(8-10-18)14-15(2)3/h7-10,15-16,21H,6,11-14H2,1-5H3,(H,22,24)(H,23,25). The van der Waals surface area contributed by atoms with Crippen molar-refractivity contribution in [3.63, 3.8) is 0 Å². The van der Waals surface area contributed by atoms with Gasteiger partial charge in [0.25, 0.3) is 0 Å². The molecule has 0 saturated heterocycles. The van der Waals surface area contributed by atoms with Crippen LogP contribution in [0.3, 0.4) is 0 Å². The van der Waals surface area contributed by atoms with Crippen LogP contribution in [0.25, 0.3) is 0 Å². The van der Waals surface area contributed by atoms with E-state index in [4.69, 9.17) is 0 Å². The maximum Gasteiger partial charge on any atom is 0.221 e. The summed E-state index contributed by atoms with van der Waals surface area (Å²) in [6.07, 6.45) is 2.43. The molecule has 0 aromatic heterocycles. The zero-order valence-electron chi connectivity index (χ0n) is 16.4. The summed E-state index contributed by atoms with van der Waals surface area (Å²) in [6.45, 7) is 11.3. The van der Waals surface area contributed by atoms with Crippen molar-refractivity contribution in [3.8, 4) is 0 Å². The third kappa shape index (κ3) is 8.19. The predicted molar refractivity (Wildman–Crippen MR) is 103 cm³/mol. The fourth-order valence-corrected chi connectivity index (χ4v) is 2.79. The SMILES string of the molecule is CCCNC(=O)CCC(=O)NC(c1ccc(CC(C)C)cc1)C(C)C. The highest BCUT2D eigenvalue weighted by atomic mass is 16.2. The minimum absolute atomic E-state index is 0.0284. The van der Waals surface area contributed by atoms with Gasteiger partial charge in [0, 0.05) is 19.4 Å². The molecular formula is C21H34N2O2. The maximum atomic E-state index is 12.2. The molecule has 1 aromatic rings. The second-order valence-electron chi connectivity index (χ2n) is 7.48. The smallest absolute Gasteiger partial charge is 0.221 e. The van der Waals surface area contributed by atoms with E-state index in [2.05, 4.69) is 62.6 Å². The number of rotatable bonds is 10. The Balaban J connectivity index is 2.61. The summed E-state index contributed by atoms with van der Waals surface area (Å²) in [4.78, 5) is 23.9. The normalized spacial score (nSPS) is 12.3. The van der Waals surface area contributed by atoms with Crippen LogP contribution in [0.5, 0.6) is 0 Å². The van der Waals surface area contributed by atoms with Crippen molar-refractivity contribution in [1.82, 2.24) is 10.6 Å². The van der Waals surface area contributed by atoms with Crippen molar-refractivity contribution in [1.29, 1.82) is 0 Å². The van der Waals surface area contributed by atoms with Crippen molar-refractivity contribution in [2.24, 2.45) is 11.8 Å². The maximum absolute atomic E-state index is 12.2. The Morgan fingerprint density at radius 2 is 1.56 bits per heavy atom. The Kier molecular flexibility index (Phi) is 9.25. The molecule has 1 aromatic carbocycles. The second-order valence-corrected chi connectivity index (χ2v) is 7.48. The van der Waals surface area contributed by atoms with Crippen LogP contribution < -0.4 is 10.6 Å². The van der Waals surface area contributed by atoms with Gasteiger partial charge in [-0.2, -0.15) is 0 Å². The number of amides is 2. The molecule has 2 amide bonds. The van der Waals surface area contributed by atoms with Crippen LogP contribution in [0, 0.1) is 11.8 Å². The van der Waals surface area contributed by atoms with Crippen LogP contribution in [0.15, 0.2) is 24.3 Å². The molecule has 1 unspecified atom stereocenters. The number of carbonyl (C=O) groups excluding carboxylic acids is 2. The zero-order valence-corrected chi connectivity index (χ0v) is 16.4. The Morgan fingerprint density at radius 3 is 2.08 bits per heavy atom. The van der Waals surface area contributed by atoms with E-state index < -0.39 is 0 Å². The molecule has 1 rings (SSSR count). The summed E-state index contributed by atoms with van der Waals surface area (Å²) in [5, 5.41) is 5.88. The van der Waals surface area contributed by atoms with Crippen LogP contribution in [0.4, 0.5) is 0 Å². The molecule has 4 nitrogen and oxygen atoms in total. The molecule has 25 heavy (non-hydrogen) atoms. The lowest BCUT2D eigenvalue weighted by Crippen LogP contribution is -2.33. The first kappa shape index (κ1) is 21.2. The highest BCUT2D eigenvalue weighted by molar-refractivity contribution is 5.83. The fourth-order valence-electron chi connectivity index (χ4n) is 2.79. The van der Waals surface area contributed by atoms with E-state index in [9.17, 15) is 9.59 Å². The van der Waals surface area contributed by atoms with Crippen LogP contribution >= 0.6 is 0 Å². The zero-order chi connectivity index (χ0) is 18.8. The summed E-state index contributed by atoms with van der Waals surface area (Å²) >= 11 is 0. The van der Waals surface area contributed by atoms with E-state index >= 15 is 0 Å². The van der Waals surface area contributed by atoms with Crippen LogP contribution in [-0.4, -0.2) is 18.4 Å². The van der Waals surface area contributed by atoms with Gasteiger partial charge in [-0.1, -0.05) is 58.9 Å². The second kappa shape index (κ2) is 10.9. The molecule has 4 heteroatoms. The molecule has 0 fully saturated rings. The first-order chi connectivity index (χ1) is 11.8. The molecule has 1 atom stereocenters. The van der Waals surface area contributed by atoms with E-state index in [1.165, 1.54) is 5.56 Å². The van der Waals surface area contributed by atoms with Crippen molar-refractivity contribution in [2.75, 3.05) is 6.54 Å². The van der Waals surface area contributed by atoms with Gasteiger partial charge in [-0.05, 0) is 35.8 Å². The molecule has 0 radical (unpaired) electrons. The minimum atomic E-state index is -0.0726. The van der Waals surface area contributed by atoms with Crippen molar-refractivity contribution in [3.05, 3.63) is 35.4 Å². The van der Waals surface area contributed by atoms with Gasteiger partial charge in [-0.25, -0.2) is 0 Å². The average molecular weight is 347 g/mol. The van der Waals surface area contributed by atoms with E-state index in [1.807, 2.05) is 6.92 Å². The lowest BCUT2D eigenvalue weighted by atomic mass is 9.93. The van der Waals surface area contributed by atoms with Gasteiger partial charge in [0.05, 0.1) is 6.04 Å². The predicted octanol–water partition coefficient (Wildman–Crippen LogP) is 4.00. The van der Waals surface area contributed by atoms with Gasteiger partial charge in [0.15, 0.2) is 0 Å². The monoisotopic (exact) mass is 346 g/mol. The van der Waals surface area contributed by atoms with Gasteiger partial charge >= 0.3 is 0 Å². The molecule has 0 aliphatic heterocycles. The summed E-state index contributed by atoms with van der Waals surface area (Å²) in [5.41, 5.74) is 2.44. The van der Waals surface area contributed by atoms with Gasteiger partial charge in [-0.15, -0.1) is 0 Å². The number of benzene rings is 1. The molecule has 0 heterocycles. The fraction of sp³-hybridized carbons (Fsp3) is 0.619. The molecule has 0 saturated carbocycles. The van der Waals surface area contributed by atoms with E-state index in [1.54, 1.807) is 0 Å². The summed E-state index contributed by atoms with van der Waals surface area (Å²) in [7, 11) is 0. The van der Waals surface area contributed by atoms with Gasteiger partial charge in [0.2, 0.25) is 11.8 Å². The Labute approximate surface area is 152 Å². The highest BCUT2D eigenvalue weighted by Crippen LogP contribution is 2.23. The van der Waals surface area contributed by atoms with Crippen molar-refractivity contribution >= 4 is 11.8 Å². The van der Waals surface area contributed by atoms with Gasteiger partial charge in [0.1, 0.15) is 0 Å². The number of hydrogen-bond donors (Lipinski definition) is 2. The first-order valence-corrected chi connectivity index (χ1v) is 9.48. The Bertz CT molecular complexity index is 535. The minimum Gasteiger partial charge on any atom is -0.356 e. The quantitative estimate of drug-likeness (QED) is 0.672. The van der Waals surface area contributed by atoms with E-state index in [0.717, 1.165) is 18.4 Å². The topological polar surface area (TPSA) is 58.2 Å². The molecular weight excluding hydrogens is 312 g/mol.